The summed E-state index contributed by atoms with van der Waals surface area (Å²) < 4.78 is 0. The predicted octanol–water partition coefficient (Wildman–Crippen LogP) is 9.79. The van der Waals surface area contributed by atoms with Crippen LogP contribution in [0.4, 0.5) is 17.1 Å². The highest BCUT2D eigenvalue weighted by atomic mass is 32.2. The molecule has 2 aliphatic rings. The summed E-state index contributed by atoms with van der Waals surface area (Å²) in [4.78, 5) is 5.04. The van der Waals surface area contributed by atoms with Crippen LogP contribution in [-0.2, 0) is 11.8 Å². The van der Waals surface area contributed by atoms with E-state index in [-0.39, 0.29) is 5.41 Å². The molecule has 2 heteroatoms. The third-order valence-electron chi connectivity index (χ3n) is 7.35. The molecule has 0 saturated carbocycles. The summed E-state index contributed by atoms with van der Waals surface area (Å²) in [5.41, 5.74) is 9.81. The minimum Gasteiger partial charge on any atom is -0.308 e. The third-order valence-corrected chi connectivity index (χ3v) is 8.47. The van der Waals surface area contributed by atoms with E-state index in [9.17, 15) is 0 Å². The second-order valence-corrected chi connectivity index (χ2v) is 11.0. The van der Waals surface area contributed by atoms with Gasteiger partial charge in [-0.25, -0.2) is 0 Å². The largest absolute Gasteiger partial charge is 0.308 e. The molecule has 0 bridgehead atoms. The number of benzene rings is 4. The van der Waals surface area contributed by atoms with E-state index < -0.39 is 0 Å². The summed E-state index contributed by atoms with van der Waals surface area (Å²) in [6, 6.07) is 32.9. The van der Waals surface area contributed by atoms with Crippen molar-refractivity contribution in [3.05, 3.63) is 139 Å². The van der Waals surface area contributed by atoms with E-state index in [4.69, 9.17) is 0 Å². The van der Waals surface area contributed by atoms with Crippen molar-refractivity contribution in [1.29, 1.82) is 0 Å². The van der Waals surface area contributed by atoms with E-state index in [2.05, 4.69) is 141 Å². The molecule has 0 radical (unpaired) electrons. The van der Waals surface area contributed by atoms with Crippen LogP contribution in [0.2, 0.25) is 0 Å². The molecule has 1 aliphatic carbocycles. The number of allylic oxidation sites excluding steroid dienone is 5. The summed E-state index contributed by atoms with van der Waals surface area (Å²) >= 11 is 1.87. The van der Waals surface area contributed by atoms with Gasteiger partial charge in [-0.2, -0.15) is 0 Å². The van der Waals surface area contributed by atoms with Gasteiger partial charge in [0.1, 0.15) is 0 Å². The Labute approximate surface area is 218 Å². The van der Waals surface area contributed by atoms with Crippen LogP contribution in [0.15, 0.2) is 137 Å². The Kier molecular flexibility index (Phi) is 5.70. The first-order valence-corrected chi connectivity index (χ1v) is 13.3. The van der Waals surface area contributed by atoms with Crippen LogP contribution < -0.4 is 4.90 Å². The average molecular weight is 484 g/mol. The first kappa shape index (κ1) is 22.7. The summed E-state index contributed by atoms with van der Waals surface area (Å²) in [5.74, 6) is 0. The Morgan fingerprint density at radius 1 is 0.778 bits per heavy atom. The predicted molar refractivity (Wildman–Crippen MR) is 155 cm³/mol. The Bertz CT molecular complexity index is 1510. The molecule has 4 aromatic carbocycles. The zero-order valence-electron chi connectivity index (χ0n) is 20.7. The molecule has 0 saturated heterocycles. The standard InChI is InChI=1S/C34H29NS/c1-24-13-7-4-12-18-28-29(34(24,2)3)20-22-32-33(28)35(27-16-10-6-11-17-27)30-23-26(19-21-31(30)36-32)25-14-8-5-9-15-25/h4-17,19-23H,1,18H2,2-3H3/b12-4-,13-7-. The van der Waals surface area contributed by atoms with Crippen molar-refractivity contribution in [3.8, 4) is 11.1 Å². The van der Waals surface area contributed by atoms with Crippen LogP contribution in [0.5, 0.6) is 0 Å². The number of rotatable bonds is 2. The number of fused-ring (bicyclic) bond motifs is 4. The Hall–Kier alpha value is -3.75. The molecule has 0 aromatic heterocycles. The lowest BCUT2D eigenvalue weighted by atomic mass is 9.75. The molecule has 1 nitrogen and oxygen atoms in total. The van der Waals surface area contributed by atoms with Crippen LogP contribution >= 0.6 is 11.8 Å². The zero-order chi connectivity index (χ0) is 24.7. The van der Waals surface area contributed by atoms with Gasteiger partial charge in [-0.15, -0.1) is 0 Å². The molecular weight excluding hydrogens is 454 g/mol. The number of hydrogen-bond acceptors (Lipinski definition) is 2. The SMILES string of the molecule is C=C1/C=C\C=C/Cc2c(ccc3c2N(c2ccccc2)c2cc(-c4ccccc4)ccc2S3)C1(C)C. The van der Waals surface area contributed by atoms with Crippen molar-refractivity contribution in [2.45, 2.75) is 35.5 Å². The number of anilines is 3. The van der Waals surface area contributed by atoms with Crippen molar-refractivity contribution in [3.63, 3.8) is 0 Å². The van der Waals surface area contributed by atoms with E-state index in [0.717, 1.165) is 12.0 Å². The van der Waals surface area contributed by atoms with Gasteiger partial charge in [-0.05, 0) is 64.6 Å². The van der Waals surface area contributed by atoms with Crippen molar-refractivity contribution in [2.24, 2.45) is 0 Å². The highest BCUT2D eigenvalue weighted by Gasteiger charge is 2.33. The smallest absolute Gasteiger partial charge is 0.0639 e. The fourth-order valence-corrected chi connectivity index (χ4v) is 6.30. The quantitative estimate of drug-likeness (QED) is 0.246. The number of nitrogens with zero attached hydrogens (tertiary/aromatic N) is 1. The lowest BCUT2D eigenvalue weighted by Crippen LogP contribution is -2.24. The fourth-order valence-electron chi connectivity index (χ4n) is 5.22. The number of para-hydroxylation sites is 1. The van der Waals surface area contributed by atoms with Gasteiger partial charge in [-0.1, -0.05) is 117 Å². The van der Waals surface area contributed by atoms with Gasteiger partial charge in [0, 0.05) is 20.9 Å². The van der Waals surface area contributed by atoms with Crippen LogP contribution in [-0.4, -0.2) is 0 Å². The van der Waals surface area contributed by atoms with E-state index >= 15 is 0 Å². The highest BCUT2D eigenvalue weighted by molar-refractivity contribution is 7.99. The lowest BCUT2D eigenvalue weighted by Gasteiger charge is -2.38. The van der Waals surface area contributed by atoms with Gasteiger partial charge in [0.05, 0.1) is 11.4 Å². The Morgan fingerprint density at radius 3 is 2.28 bits per heavy atom. The molecular formula is C34H29NS. The van der Waals surface area contributed by atoms with Gasteiger partial charge in [0.15, 0.2) is 0 Å². The maximum absolute atomic E-state index is 4.44. The summed E-state index contributed by atoms with van der Waals surface area (Å²) in [6.07, 6.45) is 9.56. The van der Waals surface area contributed by atoms with E-state index in [1.807, 2.05) is 11.8 Å². The molecule has 0 unspecified atom stereocenters. The highest BCUT2D eigenvalue weighted by Crippen LogP contribution is 2.55. The van der Waals surface area contributed by atoms with Crippen LogP contribution in [0.25, 0.3) is 11.1 Å². The monoisotopic (exact) mass is 483 g/mol. The van der Waals surface area contributed by atoms with Crippen molar-refractivity contribution in [1.82, 2.24) is 0 Å². The van der Waals surface area contributed by atoms with Gasteiger partial charge in [0.2, 0.25) is 0 Å². The molecule has 0 atom stereocenters. The van der Waals surface area contributed by atoms with Crippen molar-refractivity contribution in [2.75, 3.05) is 4.90 Å². The summed E-state index contributed by atoms with van der Waals surface area (Å²) in [7, 11) is 0. The topological polar surface area (TPSA) is 3.24 Å². The second kappa shape index (κ2) is 9.04. The fraction of sp³-hybridized carbons (Fsp3) is 0.118. The first-order chi connectivity index (χ1) is 17.5. The molecule has 1 heterocycles. The summed E-state index contributed by atoms with van der Waals surface area (Å²) in [6.45, 7) is 9.02. The van der Waals surface area contributed by atoms with Gasteiger partial charge >= 0.3 is 0 Å². The van der Waals surface area contributed by atoms with E-state index in [1.165, 1.54) is 49.1 Å². The normalized spacial score (nSPS) is 17.6. The minimum atomic E-state index is -0.175. The molecule has 0 spiro atoms. The van der Waals surface area contributed by atoms with Crippen molar-refractivity contribution < 1.29 is 0 Å². The Balaban J connectivity index is 1.62. The van der Waals surface area contributed by atoms with E-state index in [1.54, 1.807) is 0 Å². The summed E-state index contributed by atoms with van der Waals surface area (Å²) in [5, 5.41) is 0. The van der Waals surface area contributed by atoms with Crippen LogP contribution in [0, 0.1) is 0 Å². The first-order valence-electron chi connectivity index (χ1n) is 12.5. The maximum Gasteiger partial charge on any atom is 0.0639 e. The molecule has 4 aromatic rings. The van der Waals surface area contributed by atoms with E-state index in [0.29, 0.717) is 0 Å². The molecule has 36 heavy (non-hydrogen) atoms. The second-order valence-electron chi connectivity index (χ2n) is 9.90. The minimum absolute atomic E-state index is 0.175. The molecule has 0 N–H and O–H groups in total. The third kappa shape index (κ3) is 3.83. The van der Waals surface area contributed by atoms with Crippen molar-refractivity contribution >= 4 is 28.8 Å². The lowest BCUT2D eigenvalue weighted by molar-refractivity contribution is 0.634. The Morgan fingerprint density at radius 2 is 1.50 bits per heavy atom. The van der Waals surface area contributed by atoms with Crippen LogP contribution in [0.1, 0.15) is 25.0 Å². The average Bonchev–Trinajstić information content (AvgIpc) is 2.96. The van der Waals surface area contributed by atoms with Gasteiger partial charge in [0.25, 0.3) is 0 Å². The zero-order valence-corrected chi connectivity index (χ0v) is 21.6. The molecule has 6 rings (SSSR count). The number of hydrogen-bond donors (Lipinski definition) is 0. The molecule has 0 amide bonds. The van der Waals surface area contributed by atoms with Gasteiger partial charge in [-0.3, -0.25) is 0 Å². The van der Waals surface area contributed by atoms with Crippen LogP contribution in [0.3, 0.4) is 0 Å². The molecule has 1 aliphatic heterocycles. The molecule has 176 valence electrons. The van der Waals surface area contributed by atoms with Gasteiger partial charge < -0.3 is 4.90 Å². The molecule has 0 fully saturated rings. The maximum atomic E-state index is 4.44.